The van der Waals surface area contributed by atoms with Crippen LogP contribution in [0.1, 0.15) is 28.3 Å². The molecule has 0 aromatic carbocycles. The number of rotatable bonds is 4. The van der Waals surface area contributed by atoms with Crippen molar-refractivity contribution in [3.8, 4) is 0 Å². The Bertz CT molecular complexity index is 485. The smallest absolute Gasteiger partial charge is 0.0961 e. The number of nitrogens with one attached hydrogen (secondary N) is 1. The van der Waals surface area contributed by atoms with E-state index < -0.39 is 0 Å². The standard InChI is InChI=1S/C12H13Cl2NS2/c1-3-15-11(8-4-5-10(13)16-8)9-6-7(2)12(14)17-9/h4-6,11,15H,3H2,1-2H3. The number of aryl methyl sites for hydroxylation is 1. The minimum Gasteiger partial charge on any atom is -0.305 e. The van der Waals surface area contributed by atoms with Gasteiger partial charge in [0.25, 0.3) is 0 Å². The fourth-order valence-electron chi connectivity index (χ4n) is 1.65. The van der Waals surface area contributed by atoms with Crippen molar-refractivity contribution in [1.82, 2.24) is 5.32 Å². The van der Waals surface area contributed by atoms with E-state index >= 15 is 0 Å². The quantitative estimate of drug-likeness (QED) is 0.826. The van der Waals surface area contributed by atoms with Gasteiger partial charge in [-0.15, -0.1) is 22.7 Å². The second kappa shape index (κ2) is 5.72. The molecule has 5 heteroatoms. The topological polar surface area (TPSA) is 12.0 Å². The van der Waals surface area contributed by atoms with Gasteiger partial charge in [0.1, 0.15) is 0 Å². The van der Waals surface area contributed by atoms with Crippen molar-refractivity contribution in [2.75, 3.05) is 6.54 Å². The highest BCUT2D eigenvalue weighted by molar-refractivity contribution is 7.17. The maximum absolute atomic E-state index is 6.13. The molecule has 1 nitrogen and oxygen atoms in total. The van der Waals surface area contributed by atoms with Gasteiger partial charge < -0.3 is 5.32 Å². The summed E-state index contributed by atoms with van der Waals surface area (Å²) in [5.74, 6) is 0. The molecule has 17 heavy (non-hydrogen) atoms. The van der Waals surface area contributed by atoms with Gasteiger partial charge >= 0.3 is 0 Å². The lowest BCUT2D eigenvalue weighted by atomic mass is 10.2. The predicted octanol–water partition coefficient (Wildman–Crippen LogP) is 5.12. The maximum Gasteiger partial charge on any atom is 0.0961 e. The van der Waals surface area contributed by atoms with Crippen molar-refractivity contribution in [2.45, 2.75) is 19.9 Å². The zero-order valence-corrected chi connectivity index (χ0v) is 12.7. The zero-order valence-electron chi connectivity index (χ0n) is 9.59. The van der Waals surface area contributed by atoms with E-state index in [1.54, 1.807) is 22.7 Å². The van der Waals surface area contributed by atoms with Crippen LogP contribution in [0, 0.1) is 6.92 Å². The minimum atomic E-state index is 0.202. The molecule has 0 spiro atoms. The summed E-state index contributed by atoms with van der Waals surface area (Å²) in [5.41, 5.74) is 1.14. The molecular weight excluding hydrogens is 293 g/mol. The van der Waals surface area contributed by atoms with Gasteiger partial charge in [0.2, 0.25) is 0 Å². The number of halogens is 2. The summed E-state index contributed by atoms with van der Waals surface area (Å²) >= 11 is 15.4. The number of hydrogen-bond donors (Lipinski definition) is 1. The van der Waals surface area contributed by atoms with Crippen LogP contribution >= 0.6 is 45.9 Å². The van der Waals surface area contributed by atoms with Gasteiger partial charge in [-0.3, -0.25) is 0 Å². The Morgan fingerprint density at radius 2 is 2.00 bits per heavy atom. The summed E-state index contributed by atoms with van der Waals surface area (Å²) < 4.78 is 1.69. The largest absolute Gasteiger partial charge is 0.305 e. The van der Waals surface area contributed by atoms with Crippen molar-refractivity contribution in [3.63, 3.8) is 0 Å². The van der Waals surface area contributed by atoms with E-state index in [0.29, 0.717) is 0 Å². The SMILES string of the molecule is CCNC(c1ccc(Cl)s1)c1cc(C)c(Cl)s1. The van der Waals surface area contributed by atoms with Crippen molar-refractivity contribution < 1.29 is 0 Å². The summed E-state index contributed by atoms with van der Waals surface area (Å²) in [4.78, 5) is 2.47. The lowest BCUT2D eigenvalue weighted by Crippen LogP contribution is -2.20. The van der Waals surface area contributed by atoms with Crippen molar-refractivity contribution in [2.24, 2.45) is 0 Å². The molecule has 0 fully saturated rings. The Labute approximate surface area is 119 Å². The van der Waals surface area contributed by atoms with E-state index in [-0.39, 0.29) is 6.04 Å². The second-order valence-corrected chi connectivity index (χ2v) is 7.17. The summed E-state index contributed by atoms with van der Waals surface area (Å²) in [7, 11) is 0. The molecule has 1 unspecified atom stereocenters. The normalized spacial score (nSPS) is 12.9. The van der Waals surface area contributed by atoms with Gasteiger partial charge in [-0.2, -0.15) is 0 Å². The van der Waals surface area contributed by atoms with Gasteiger partial charge in [-0.05, 0) is 37.2 Å². The fourth-order valence-corrected chi connectivity index (χ4v) is 4.20. The zero-order chi connectivity index (χ0) is 12.4. The third-order valence-electron chi connectivity index (χ3n) is 2.45. The lowest BCUT2D eigenvalue weighted by molar-refractivity contribution is 0.648. The molecule has 0 radical (unpaired) electrons. The van der Waals surface area contributed by atoms with E-state index in [2.05, 4.69) is 24.4 Å². The fraction of sp³-hybridized carbons (Fsp3) is 0.333. The molecule has 2 heterocycles. The molecule has 0 bridgehead atoms. The Kier molecular flexibility index (Phi) is 4.50. The summed E-state index contributed by atoms with van der Waals surface area (Å²) in [6.45, 7) is 5.05. The molecule has 0 amide bonds. The Morgan fingerprint density at radius 1 is 1.24 bits per heavy atom. The third kappa shape index (κ3) is 3.04. The monoisotopic (exact) mass is 305 g/mol. The first-order valence-electron chi connectivity index (χ1n) is 5.36. The third-order valence-corrected chi connectivity index (χ3v) is 5.36. The van der Waals surface area contributed by atoms with Gasteiger partial charge in [0.15, 0.2) is 0 Å². The van der Waals surface area contributed by atoms with Gasteiger partial charge in [-0.1, -0.05) is 30.1 Å². The number of hydrogen-bond acceptors (Lipinski definition) is 3. The molecule has 1 atom stereocenters. The van der Waals surface area contributed by atoms with Crippen LogP contribution in [0.25, 0.3) is 0 Å². The second-order valence-electron chi connectivity index (χ2n) is 3.74. The first kappa shape index (κ1) is 13.4. The van der Waals surface area contributed by atoms with E-state index in [1.807, 2.05) is 13.0 Å². The van der Waals surface area contributed by atoms with E-state index in [1.165, 1.54) is 9.75 Å². The molecule has 0 saturated carbocycles. The highest BCUT2D eigenvalue weighted by atomic mass is 35.5. The van der Waals surface area contributed by atoms with E-state index in [4.69, 9.17) is 23.2 Å². The molecule has 0 aliphatic carbocycles. The van der Waals surface area contributed by atoms with Crippen LogP contribution in [-0.2, 0) is 0 Å². The summed E-state index contributed by atoms with van der Waals surface area (Å²) in [6.07, 6.45) is 0. The van der Waals surface area contributed by atoms with Crippen molar-refractivity contribution in [3.05, 3.63) is 42.2 Å². The predicted molar refractivity (Wildman–Crippen MR) is 78.9 cm³/mol. The molecule has 92 valence electrons. The Balaban J connectivity index is 2.34. The van der Waals surface area contributed by atoms with Crippen LogP contribution in [0.4, 0.5) is 0 Å². The Morgan fingerprint density at radius 3 is 2.47 bits per heavy atom. The molecule has 2 aromatic rings. The van der Waals surface area contributed by atoms with Gasteiger partial charge in [0, 0.05) is 9.75 Å². The molecule has 0 saturated heterocycles. The average molecular weight is 306 g/mol. The van der Waals surface area contributed by atoms with Crippen LogP contribution in [0.5, 0.6) is 0 Å². The lowest BCUT2D eigenvalue weighted by Gasteiger charge is -2.14. The van der Waals surface area contributed by atoms with Crippen LogP contribution in [0.3, 0.4) is 0 Å². The molecule has 0 aliphatic rings. The highest BCUT2D eigenvalue weighted by Crippen LogP contribution is 2.37. The van der Waals surface area contributed by atoms with Crippen LogP contribution < -0.4 is 5.32 Å². The molecular formula is C12H13Cl2NS2. The van der Waals surface area contributed by atoms with Crippen LogP contribution in [-0.4, -0.2) is 6.54 Å². The van der Waals surface area contributed by atoms with Crippen LogP contribution in [0.15, 0.2) is 18.2 Å². The Hall–Kier alpha value is -0.0600. The summed E-state index contributed by atoms with van der Waals surface area (Å²) in [5, 5.41) is 3.47. The average Bonchev–Trinajstić information content (AvgIpc) is 2.83. The van der Waals surface area contributed by atoms with E-state index in [0.717, 1.165) is 20.8 Å². The van der Waals surface area contributed by atoms with Crippen molar-refractivity contribution >= 4 is 45.9 Å². The van der Waals surface area contributed by atoms with Crippen molar-refractivity contribution in [1.29, 1.82) is 0 Å². The van der Waals surface area contributed by atoms with E-state index in [9.17, 15) is 0 Å². The van der Waals surface area contributed by atoms with Gasteiger partial charge in [0.05, 0.1) is 14.7 Å². The van der Waals surface area contributed by atoms with Gasteiger partial charge in [-0.25, -0.2) is 0 Å². The van der Waals surface area contributed by atoms with Crippen LogP contribution in [0.2, 0.25) is 8.67 Å². The number of thiophene rings is 2. The molecule has 2 aromatic heterocycles. The molecule has 1 N–H and O–H groups in total. The first-order valence-corrected chi connectivity index (χ1v) is 7.75. The summed E-state index contributed by atoms with van der Waals surface area (Å²) in [6, 6.07) is 6.36. The maximum atomic E-state index is 6.13. The highest BCUT2D eigenvalue weighted by Gasteiger charge is 2.18. The minimum absolute atomic E-state index is 0.202. The molecule has 2 rings (SSSR count). The first-order chi connectivity index (χ1) is 8.11. The molecule has 0 aliphatic heterocycles.